The maximum absolute atomic E-state index is 10.1. The molecule has 0 aliphatic carbocycles. The maximum Gasteiger partial charge on any atom is 0.238 e. The number of furan rings is 1. The Morgan fingerprint density at radius 2 is 1.56 bits per heavy atom. The first-order valence-corrected chi connectivity index (χ1v) is 12.8. The lowest BCUT2D eigenvalue weighted by Gasteiger charge is -2.13. The number of nitrogens with zero attached hydrogens (tertiary/aromatic N) is 2. The van der Waals surface area contributed by atoms with Crippen molar-refractivity contribution in [2.45, 2.75) is 6.61 Å². The zero-order valence-electron chi connectivity index (χ0n) is 20.9. The molecule has 0 aliphatic rings. The highest BCUT2D eigenvalue weighted by Crippen LogP contribution is 2.43. The molecular weight excluding hydrogens is 531 g/mol. The van der Waals surface area contributed by atoms with Gasteiger partial charge < -0.3 is 13.9 Å². The number of hydrogen-bond acceptors (Lipinski definition) is 5. The van der Waals surface area contributed by atoms with E-state index in [0.29, 0.717) is 50.6 Å². The highest BCUT2D eigenvalue weighted by molar-refractivity contribution is 6.32. The van der Waals surface area contributed by atoms with Crippen molar-refractivity contribution < 1.29 is 13.9 Å². The van der Waals surface area contributed by atoms with Crippen LogP contribution in [0.15, 0.2) is 106 Å². The Kier molecular flexibility index (Phi) is 7.98. The van der Waals surface area contributed by atoms with Crippen molar-refractivity contribution in [2.24, 2.45) is 4.99 Å². The third-order valence-electron chi connectivity index (χ3n) is 5.98. The number of benzene rings is 4. The van der Waals surface area contributed by atoms with Gasteiger partial charge in [-0.3, -0.25) is 0 Å². The highest BCUT2D eigenvalue weighted by Gasteiger charge is 2.22. The summed E-state index contributed by atoms with van der Waals surface area (Å²) in [4.78, 5) is 4.55. The third kappa shape index (κ3) is 5.83. The van der Waals surface area contributed by atoms with E-state index in [1.54, 1.807) is 37.6 Å². The van der Waals surface area contributed by atoms with E-state index in [4.69, 9.17) is 37.1 Å². The maximum atomic E-state index is 10.1. The minimum Gasteiger partial charge on any atom is -0.493 e. The topological polar surface area (TPSA) is 67.8 Å². The smallest absolute Gasteiger partial charge is 0.238 e. The van der Waals surface area contributed by atoms with Gasteiger partial charge in [-0.1, -0.05) is 96.0 Å². The standard InChI is InChI=1S/C32H22Cl2N2O3/c1-37-28-17-22(16-27(34)31(28)38-20-21-12-14-25(33)15-13-21)19-36-32-26(18-35)29(23-8-4-2-5-9-23)30(39-32)24-10-6-3-7-11-24/h2-17,19H,20H2,1H3/b36-19+. The van der Waals surface area contributed by atoms with E-state index in [-0.39, 0.29) is 5.88 Å². The molecule has 5 nitrogen and oxygen atoms in total. The number of ether oxygens (including phenoxy) is 2. The minimum absolute atomic E-state index is 0.202. The van der Waals surface area contributed by atoms with Gasteiger partial charge in [-0.2, -0.15) is 5.26 Å². The third-order valence-corrected chi connectivity index (χ3v) is 6.51. The average Bonchev–Trinajstić information content (AvgIpc) is 3.35. The van der Waals surface area contributed by atoms with E-state index in [9.17, 15) is 5.26 Å². The van der Waals surface area contributed by atoms with Crippen LogP contribution < -0.4 is 9.47 Å². The molecule has 0 spiro atoms. The van der Waals surface area contributed by atoms with E-state index in [2.05, 4.69) is 11.1 Å². The SMILES string of the molecule is COc1cc(/C=N/c2oc(-c3ccccc3)c(-c3ccccc3)c2C#N)cc(Cl)c1OCc1ccc(Cl)cc1. The second-order valence-electron chi connectivity index (χ2n) is 8.54. The van der Waals surface area contributed by atoms with E-state index in [0.717, 1.165) is 16.7 Å². The number of hydrogen-bond donors (Lipinski definition) is 0. The summed E-state index contributed by atoms with van der Waals surface area (Å²) < 4.78 is 17.7. The van der Waals surface area contributed by atoms with Crippen molar-refractivity contribution in [3.8, 4) is 40.0 Å². The van der Waals surface area contributed by atoms with Crippen LogP contribution in [0.3, 0.4) is 0 Å². The lowest BCUT2D eigenvalue weighted by atomic mass is 9.98. The molecule has 7 heteroatoms. The molecule has 0 amide bonds. The van der Waals surface area contributed by atoms with Crippen LogP contribution in [0.25, 0.3) is 22.5 Å². The predicted octanol–water partition coefficient (Wildman–Crippen LogP) is 9.13. The Bertz CT molecular complexity index is 1660. The molecule has 0 fully saturated rings. The van der Waals surface area contributed by atoms with Gasteiger partial charge in [-0.15, -0.1) is 0 Å². The fourth-order valence-corrected chi connectivity index (χ4v) is 4.51. The summed E-state index contributed by atoms with van der Waals surface area (Å²) in [6, 6.07) is 32.4. The number of rotatable bonds is 8. The summed E-state index contributed by atoms with van der Waals surface area (Å²) in [5, 5.41) is 11.1. The van der Waals surface area contributed by atoms with Gasteiger partial charge in [0.1, 0.15) is 24.0 Å². The minimum atomic E-state index is 0.202. The van der Waals surface area contributed by atoms with Gasteiger partial charge in [-0.25, -0.2) is 4.99 Å². The molecule has 192 valence electrons. The second-order valence-corrected chi connectivity index (χ2v) is 9.38. The normalized spacial score (nSPS) is 10.9. The number of aliphatic imine (C=N–C) groups is 1. The van der Waals surface area contributed by atoms with Gasteiger partial charge >= 0.3 is 0 Å². The van der Waals surface area contributed by atoms with Gasteiger partial charge in [0.25, 0.3) is 0 Å². The molecule has 0 unspecified atom stereocenters. The summed E-state index contributed by atoms with van der Waals surface area (Å²) >= 11 is 12.5. The second kappa shape index (κ2) is 11.9. The zero-order valence-corrected chi connectivity index (χ0v) is 22.4. The summed E-state index contributed by atoms with van der Waals surface area (Å²) in [7, 11) is 1.54. The highest BCUT2D eigenvalue weighted by atomic mass is 35.5. The van der Waals surface area contributed by atoms with Crippen molar-refractivity contribution in [3.05, 3.63) is 124 Å². The molecule has 39 heavy (non-hydrogen) atoms. The van der Waals surface area contributed by atoms with Crippen molar-refractivity contribution in [3.63, 3.8) is 0 Å². The van der Waals surface area contributed by atoms with Crippen molar-refractivity contribution in [1.29, 1.82) is 5.26 Å². The van der Waals surface area contributed by atoms with Crippen LogP contribution in [0.1, 0.15) is 16.7 Å². The van der Waals surface area contributed by atoms with Crippen LogP contribution in [-0.2, 0) is 6.61 Å². The van der Waals surface area contributed by atoms with Crippen LogP contribution in [0.2, 0.25) is 10.0 Å². The molecular formula is C32H22Cl2N2O3. The molecule has 0 bridgehead atoms. The quantitative estimate of drug-likeness (QED) is 0.180. The van der Waals surface area contributed by atoms with Gasteiger partial charge in [0.2, 0.25) is 5.88 Å². The Morgan fingerprint density at radius 3 is 2.21 bits per heavy atom. The summed E-state index contributed by atoms with van der Waals surface area (Å²) in [6.45, 7) is 0.295. The van der Waals surface area contributed by atoms with E-state index in [1.165, 1.54) is 0 Å². The van der Waals surface area contributed by atoms with E-state index in [1.807, 2.05) is 72.8 Å². The Labute approximate surface area is 236 Å². The largest absolute Gasteiger partial charge is 0.493 e. The Hall–Kier alpha value is -4.50. The predicted molar refractivity (Wildman–Crippen MR) is 155 cm³/mol. The van der Waals surface area contributed by atoms with Crippen LogP contribution in [0.5, 0.6) is 11.5 Å². The molecule has 0 aliphatic heterocycles. The molecule has 0 N–H and O–H groups in total. The molecule has 0 saturated heterocycles. The molecule has 1 heterocycles. The summed E-state index contributed by atoms with van der Waals surface area (Å²) in [5.41, 5.74) is 4.34. The van der Waals surface area contributed by atoms with Crippen LogP contribution in [0, 0.1) is 11.3 Å². The number of methoxy groups -OCH3 is 1. The molecule has 0 saturated carbocycles. The molecule has 4 aromatic carbocycles. The molecule has 0 radical (unpaired) electrons. The first-order chi connectivity index (χ1) is 19.1. The zero-order chi connectivity index (χ0) is 27.2. The lowest BCUT2D eigenvalue weighted by Crippen LogP contribution is -1.99. The van der Waals surface area contributed by atoms with Crippen LogP contribution in [0.4, 0.5) is 5.88 Å². The molecule has 1 aromatic heterocycles. The monoisotopic (exact) mass is 552 g/mol. The van der Waals surface area contributed by atoms with Gasteiger partial charge in [0, 0.05) is 22.4 Å². The molecule has 5 aromatic rings. The number of nitriles is 1. The fraction of sp³-hybridized carbons (Fsp3) is 0.0625. The van der Waals surface area contributed by atoms with Gasteiger partial charge in [-0.05, 0) is 41.0 Å². The first-order valence-electron chi connectivity index (χ1n) is 12.0. The fourth-order valence-electron chi connectivity index (χ4n) is 4.11. The Balaban J connectivity index is 1.49. The van der Waals surface area contributed by atoms with E-state index >= 15 is 0 Å². The number of halogens is 2. The van der Waals surface area contributed by atoms with Crippen molar-refractivity contribution in [1.82, 2.24) is 0 Å². The van der Waals surface area contributed by atoms with Crippen LogP contribution >= 0.6 is 23.2 Å². The average molecular weight is 553 g/mol. The molecule has 0 atom stereocenters. The van der Waals surface area contributed by atoms with Gasteiger partial charge in [0.05, 0.1) is 12.1 Å². The summed E-state index contributed by atoms with van der Waals surface area (Å²) in [5.74, 6) is 1.65. The Morgan fingerprint density at radius 1 is 0.897 bits per heavy atom. The van der Waals surface area contributed by atoms with Gasteiger partial charge in [0.15, 0.2) is 11.5 Å². The van der Waals surface area contributed by atoms with E-state index < -0.39 is 0 Å². The lowest BCUT2D eigenvalue weighted by molar-refractivity contribution is 0.284. The van der Waals surface area contributed by atoms with Crippen molar-refractivity contribution >= 4 is 35.3 Å². The molecule has 5 rings (SSSR count). The first kappa shape index (κ1) is 26.1. The summed E-state index contributed by atoms with van der Waals surface area (Å²) in [6.07, 6.45) is 1.58. The van der Waals surface area contributed by atoms with Crippen molar-refractivity contribution in [2.75, 3.05) is 7.11 Å². The van der Waals surface area contributed by atoms with Crippen LogP contribution in [-0.4, -0.2) is 13.3 Å².